The van der Waals surface area contributed by atoms with Gasteiger partial charge in [-0.1, -0.05) is 18.2 Å². The predicted molar refractivity (Wildman–Crippen MR) is 59.4 cm³/mol. The van der Waals surface area contributed by atoms with E-state index in [1.54, 1.807) is 6.07 Å². The fraction of sp³-hybridized carbons (Fsp3) is 0.250. The van der Waals surface area contributed by atoms with Crippen molar-refractivity contribution in [2.45, 2.75) is 12.3 Å². The lowest BCUT2D eigenvalue weighted by molar-refractivity contribution is 0.0114. The monoisotopic (exact) mass is 222 g/mol. The van der Waals surface area contributed by atoms with Crippen LogP contribution in [0.15, 0.2) is 36.5 Å². The van der Waals surface area contributed by atoms with Gasteiger partial charge < -0.3 is 5.73 Å². The molecule has 0 aliphatic rings. The van der Waals surface area contributed by atoms with Gasteiger partial charge in [-0.05, 0) is 17.7 Å². The summed E-state index contributed by atoms with van der Waals surface area (Å²) in [6.45, 7) is -0.639. The van der Waals surface area contributed by atoms with Crippen LogP contribution in [0.5, 0.6) is 0 Å². The Morgan fingerprint density at radius 2 is 2.00 bits per heavy atom. The number of hydrogen-bond acceptors (Lipinski definition) is 2. The van der Waals surface area contributed by atoms with Gasteiger partial charge in [-0.2, -0.15) is 0 Å². The fourth-order valence-corrected chi connectivity index (χ4v) is 1.58. The van der Waals surface area contributed by atoms with Crippen molar-refractivity contribution in [3.05, 3.63) is 42.1 Å². The van der Waals surface area contributed by atoms with Crippen molar-refractivity contribution < 1.29 is 8.78 Å². The van der Waals surface area contributed by atoms with Crippen LogP contribution in [0.2, 0.25) is 0 Å². The van der Waals surface area contributed by atoms with Gasteiger partial charge >= 0.3 is 0 Å². The van der Waals surface area contributed by atoms with E-state index in [-0.39, 0.29) is 6.42 Å². The van der Waals surface area contributed by atoms with Crippen LogP contribution in [0.25, 0.3) is 10.9 Å². The second-order valence-corrected chi connectivity index (χ2v) is 3.77. The number of pyridine rings is 1. The van der Waals surface area contributed by atoms with Crippen LogP contribution in [0.1, 0.15) is 5.56 Å². The van der Waals surface area contributed by atoms with Crippen molar-refractivity contribution in [2.75, 3.05) is 6.54 Å². The molecule has 4 heteroatoms. The predicted octanol–water partition coefficient (Wildman–Crippen LogP) is 2.37. The van der Waals surface area contributed by atoms with E-state index in [0.717, 1.165) is 10.9 Å². The van der Waals surface area contributed by atoms with Crippen LogP contribution < -0.4 is 5.73 Å². The molecule has 2 aromatic rings. The van der Waals surface area contributed by atoms with Crippen molar-refractivity contribution in [1.82, 2.24) is 4.98 Å². The van der Waals surface area contributed by atoms with Crippen molar-refractivity contribution in [3.8, 4) is 0 Å². The van der Waals surface area contributed by atoms with Crippen molar-refractivity contribution in [3.63, 3.8) is 0 Å². The number of fused-ring (bicyclic) bond motifs is 1. The standard InChI is InChI=1S/C12H12F2N2/c13-12(14,8-15)6-9-5-10-3-1-2-4-11(10)16-7-9/h1-5,7H,6,8,15H2. The highest BCUT2D eigenvalue weighted by Gasteiger charge is 2.27. The molecule has 0 fully saturated rings. The first-order valence-electron chi connectivity index (χ1n) is 5.02. The molecule has 0 spiro atoms. The molecule has 1 aromatic heterocycles. The summed E-state index contributed by atoms with van der Waals surface area (Å²) in [5.74, 6) is -2.86. The summed E-state index contributed by atoms with van der Waals surface area (Å²) in [6.07, 6.45) is 1.12. The van der Waals surface area contributed by atoms with Crippen LogP contribution in [0.3, 0.4) is 0 Å². The molecule has 0 atom stereocenters. The normalized spacial score (nSPS) is 11.9. The SMILES string of the molecule is NCC(F)(F)Cc1cnc2ccccc2c1. The van der Waals surface area contributed by atoms with Gasteiger partial charge in [0.1, 0.15) is 0 Å². The Labute approximate surface area is 92.1 Å². The Hall–Kier alpha value is -1.55. The summed E-state index contributed by atoms with van der Waals surface area (Å²) in [7, 11) is 0. The van der Waals surface area contributed by atoms with E-state index in [1.165, 1.54) is 6.20 Å². The molecule has 0 unspecified atom stereocenters. The number of aromatic nitrogens is 1. The molecule has 2 N–H and O–H groups in total. The van der Waals surface area contributed by atoms with E-state index in [0.29, 0.717) is 5.56 Å². The molecule has 0 saturated heterocycles. The van der Waals surface area contributed by atoms with E-state index >= 15 is 0 Å². The highest BCUT2D eigenvalue weighted by molar-refractivity contribution is 5.78. The first-order chi connectivity index (χ1) is 7.61. The maximum absolute atomic E-state index is 13.1. The molecule has 0 saturated carbocycles. The van der Waals surface area contributed by atoms with E-state index < -0.39 is 12.5 Å². The van der Waals surface area contributed by atoms with Crippen molar-refractivity contribution in [2.24, 2.45) is 5.73 Å². The Balaban J connectivity index is 2.33. The lowest BCUT2D eigenvalue weighted by Crippen LogP contribution is -2.30. The van der Waals surface area contributed by atoms with Crippen LogP contribution in [0, 0.1) is 0 Å². The summed E-state index contributed by atoms with van der Waals surface area (Å²) >= 11 is 0. The van der Waals surface area contributed by atoms with Crippen LogP contribution in [-0.2, 0) is 6.42 Å². The molecular formula is C12H12F2N2. The minimum Gasteiger partial charge on any atom is -0.325 e. The second kappa shape index (κ2) is 4.14. The largest absolute Gasteiger partial charge is 0.325 e. The molecule has 0 amide bonds. The van der Waals surface area contributed by atoms with E-state index in [4.69, 9.17) is 5.73 Å². The number of hydrogen-bond donors (Lipinski definition) is 1. The summed E-state index contributed by atoms with van der Waals surface area (Å²) in [4.78, 5) is 4.13. The lowest BCUT2D eigenvalue weighted by atomic mass is 10.1. The average Bonchev–Trinajstić information content (AvgIpc) is 2.28. The quantitative estimate of drug-likeness (QED) is 0.865. The molecule has 0 radical (unpaired) electrons. The summed E-state index contributed by atoms with van der Waals surface area (Å²) in [5.41, 5.74) is 6.31. The number of nitrogens with zero attached hydrogens (tertiary/aromatic N) is 1. The smallest absolute Gasteiger partial charge is 0.264 e. The van der Waals surface area contributed by atoms with E-state index in [9.17, 15) is 8.78 Å². The lowest BCUT2D eigenvalue weighted by Gasteiger charge is -2.13. The summed E-state index contributed by atoms with van der Waals surface area (Å²) < 4.78 is 26.2. The van der Waals surface area contributed by atoms with Gasteiger partial charge in [0, 0.05) is 18.0 Å². The zero-order valence-electron chi connectivity index (χ0n) is 8.66. The van der Waals surface area contributed by atoms with Gasteiger partial charge in [0.25, 0.3) is 5.92 Å². The molecule has 84 valence electrons. The molecule has 2 nitrogen and oxygen atoms in total. The maximum Gasteiger partial charge on any atom is 0.264 e. The zero-order chi connectivity index (χ0) is 11.6. The Morgan fingerprint density at radius 3 is 2.75 bits per heavy atom. The molecule has 0 bridgehead atoms. The van der Waals surface area contributed by atoms with Crippen LogP contribution in [-0.4, -0.2) is 17.5 Å². The van der Waals surface area contributed by atoms with Gasteiger partial charge in [-0.15, -0.1) is 0 Å². The molecule has 0 aliphatic carbocycles. The number of para-hydroxylation sites is 1. The topological polar surface area (TPSA) is 38.9 Å². The van der Waals surface area contributed by atoms with Gasteiger partial charge in [0.05, 0.1) is 12.1 Å². The zero-order valence-corrected chi connectivity index (χ0v) is 8.66. The third kappa shape index (κ3) is 2.33. The van der Waals surface area contributed by atoms with E-state index in [1.807, 2.05) is 24.3 Å². The molecule has 1 aromatic carbocycles. The highest BCUT2D eigenvalue weighted by atomic mass is 19.3. The van der Waals surface area contributed by atoms with E-state index in [2.05, 4.69) is 4.98 Å². The molecule has 0 aliphatic heterocycles. The second-order valence-electron chi connectivity index (χ2n) is 3.77. The Morgan fingerprint density at radius 1 is 1.25 bits per heavy atom. The number of rotatable bonds is 3. The highest BCUT2D eigenvalue weighted by Crippen LogP contribution is 2.20. The minimum atomic E-state index is -2.86. The van der Waals surface area contributed by atoms with Crippen LogP contribution >= 0.6 is 0 Å². The van der Waals surface area contributed by atoms with Crippen LogP contribution in [0.4, 0.5) is 8.78 Å². The van der Waals surface area contributed by atoms with Gasteiger partial charge in [0.15, 0.2) is 0 Å². The van der Waals surface area contributed by atoms with Gasteiger partial charge in [0.2, 0.25) is 0 Å². The molecule has 16 heavy (non-hydrogen) atoms. The maximum atomic E-state index is 13.1. The Kier molecular flexibility index (Phi) is 2.83. The number of halogens is 2. The average molecular weight is 222 g/mol. The number of benzene rings is 1. The Bertz CT molecular complexity index is 497. The third-order valence-electron chi connectivity index (χ3n) is 2.41. The molecule has 1 heterocycles. The summed E-state index contributed by atoms with van der Waals surface area (Å²) in [5, 5.41) is 0.868. The molecule has 2 rings (SSSR count). The summed E-state index contributed by atoms with van der Waals surface area (Å²) in [6, 6.07) is 9.15. The van der Waals surface area contributed by atoms with Crippen molar-refractivity contribution in [1.29, 1.82) is 0 Å². The first kappa shape index (κ1) is 11.0. The first-order valence-corrected chi connectivity index (χ1v) is 5.02. The number of nitrogens with two attached hydrogens (primary N) is 1. The third-order valence-corrected chi connectivity index (χ3v) is 2.41. The minimum absolute atomic E-state index is 0.360. The number of alkyl halides is 2. The molecular weight excluding hydrogens is 210 g/mol. The van der Waals surface area contributed by atoms with Crippen molar-refractivity contribution >= 4 is 10.9 Å². The van der Waals surface area contributed by atoms with Gasteiger partial charge in [-0.3, -0.25) is 4.98 Å². The fourth-order valence-electron chi connectivity index (χ4n) is 1.58. The van der Waals surface area contributed by atoms with Gasteiger partial charge in [-0.25, -0.2) is 8.78 Å².